The van der Waals surface area contributed by atoms with E-state index in [0.29, 0.717) is 0 Å². The Kier molecular flexibility index (Phi) is 0.833. The zero-order valence-corrected chi connectivity index (χ0v) is 4.98. The van der Waals surface area contributed by atoms with Gasteiger partial charge in [-0.3, -0.25) is 0 Å². The van der Waals surface area contributed by atoms with E-state index in [1.165, 1.54) is 31.5 Å². The molecule has 1 fully saturated rings. The van der Waals surface area contributed by atoms with E-state index < -0.39 is 0 Å². The van der Waals surface area contributed by atoms with Gasteiger partial charge in [-0.1, -0.05) is 6.08 Å². The molecule has 0 saturated carbocycles. The third-order valence-electron chi connectivity index (χ3n) is 2.14. The molecule has 1 aliphatic heterocycles. The van der Waals surface area contributed by atoms with E-state index in [9.17, 15) is 0 Å². The van der Waals surface area contributed by atoms with Gasteiger partial charge in [-0.15, -0.1) is 0 Å². The summed E-state index contributed by atoms with van der Waals surface area (Å²) in [6, 6.07) is 0. The fraction of sp³-hybridized carbons (Fsp3) is 0.714. The molecule has 1 nitrogen and oxygen atoms in total. The van der Waals surface area contributed by atoms with Gasteiger partial charge in [-0.2, -0.15) is 0 Å². The van der Waals surface area contributed by atoms with Crippen molar-refractivity contribution in [2.24, 2.45) is 5.92 Å². The SMILES string of the molecule is C1=C2NCCC2CC1. The number of rotatable bonds is 0. The van der Waals surface area contributed by atoms with Crippen LogP contribution in [0.2, 0.25) is 0 Å². The van der Waals surface area contributed by atoms with Crippen molar-refractivity contribution in [3.05, 3.63) is 11.8 Å². The van der Waals surface area contributed by atoms with Gasteiger partial charge in [0.15, 0.2) is 0 Å². The van der Waals surface area contributed by atoms with E-state index in [1.807, 2.05) is 0 Å². The van der Waals surface area contributed by atoms with Crippen molar-refractivity contribution < 1.29 is 0 Å². The summed E-state index contributed by atoms with van der Waals surface area (Å²) in [5.41, 5.74) is 1.53. The van der Waals surface area contributed by atoms with Crippen LogP contribution in [0.25, 0.3) is 0 Å². The van der Waals surface area contributed by atoms with E-state index in [0.717, 1.165) is 5.92 Å². The summed E-state index contributed by atoms with van der Waals surface area (Å²) in [6.45, 7) is 1.22. The molecule has 0 aromatic rings. The van der Waals surface area contributed by atoms with Crippen LogP contribution in [0.3, 0.4) is 0 Å². The molecule has 1 atom stereocenters. The normalized spacial score (nSPS) is 34.0. The fourth-order valence-electron chi connectivity index (χ4n) is 1.67. The van der Waals surface area contributed by atoms with Crippen molar-refractivity contribution >= 4 is 0 Å². The van der Waals surface area contributed by atoms with E-state index >= 15 is 0 Å². The predicted octanol–water partition coefficient (Wildman–Crippen LogP) is 1.27. The summed E-state index contributed by atoms with van der Waals surface area (Å²) < 4.78 is 0. The lowest BCUT2D eigenvalue weighted by molar-refractivity contribution is 0.625. The monoisotopic (exact) mass is 109 g/mol. The second-order valence-corrected chi connectivity index (χ2v) is 2.65. The molecule has 1 aliphatic carbocycles. The first-order chi connectivity index (χ1) is 3.97. The van der Waals surface area contributed by atoms with Gasteiger partial charge in [-0.05, 0) is 19.3 Å². The van der Waals surface area contributed by atoms with Crippen LogP contribution in [0.1, 0.15) is 19.3 Å². The van der Waals surface area contributed by atoms with Crippen molar-refractivity contribution in [2.75, 3.05) is 6.54 Å². The Labute approximate surface area is 49.8 Å². The standard InChI is InChI=1S/C7H11N/c1-2-6-4-5-8-7(6)3-1/h3,6,8H,1-2,4-5H2. The van der Waals surface area contributed by atoms with Crippen LogP contribution >= 0.6 is 0 Å². The molecule has 2 aliphatic rings. The van der Waals surface area contributed by atoms with Crippen LogP contribution in [0.4, 0.5) is 0 Å². The summed E-state index contributed by atoms with van der Waals surface area (Å²) >= 11 is 0. The molecule has 44 valence electrons. The van der Waals surface area contributed by atoms with Crippen molar-refractivity contribution in [3.63, 3.8) is 0 Å². The van der Waals surface area contributed by atoms with Crippen molar-refractivity contribution in [1.82, 2.24) is 5.32 Å². The number of allylic oxidation sites excluding steroid dienone is 2. The van der Waals surface area contributed by atoms with Gasteiger partial charge < -0.3 is 5.32 Å². The molecule has 1 N–H and O–H groups in total. The molecule has 0 bridgehead atoms. The summed E-state index contributed by atoms with van der Waals surface area (Å²) in [7, 11) is 0. The average Bonchev–Trinajstić information content (AvgIpc) is 2.15. The van der Waals surface area contributed by atoms with E-state index in [-0.39, 0.29) is 0 Å². The minimum Gasteiger partial charge on any atom is -0.388 e. The highest BCUT2D eigenvalue weighted by Gasteiger charge is 2.22. The number of hydrogen-bond acceptors (Lipinski definition) is 1. The van der Waals surface area contributed by atoms with Crippen LogP contribution in [-0.2, 0) is 0 Å². The van der Waals surface area contributed by atoms with Gasteiger partial charge in [-0.25, -0.2) is 0 Å². The zero-order valence-electron chi connectivity index (χ0n) is 4.98. The Morgan fingerprint density at radius 1 is 1.50 bits per heavy atom. The lowest BCUT2D eigenvalue weighted by atomic mass is 10.1. The van der Waals surface area contributed by atoms with Crippen LogP contribution < -0.4 is 5.32 Å². The molecule has 2 rings (SSSR count). The van der Waals surface area contributed by atoms with E-state index in [4.69, 9.17) is 0 Å². The minimum atomic E-state index is 0.926. The Balaban J connectivity index is 2.20. The van der Waals surface area contributed by atoms with Gasteiger partial charge in [0.05, 0.1) is 0 Å². The van der Waals surface area contributed by atoms with Gasteiger partial charge in [0.2, 0.25) is 0 Å². The quantitative estimate of drug-likeness (QED) is 0.494. The highest BCUT2D eigenvalue weighted by atomic mass is 14.9. The Hall–Kier alpha value is -0.460. The molecular formula is C7H11N. The first-order valence-electron chi connectivity index (χ1n) is 3.41. The molecule has 8 heavy (non-hydrogen) atoms. The van der Waals surface area contributed by atoms with Gasteiger partial charge >= 0.3 is 0 Å². The van der Waals surface area contributed by atoms with Crippen molar-refractivity contribution in [1.29, 1.82) is 0 Å². The van der Waals surface area contributed by atoms with Crippen molar-refractivity contribution in [2.45, 2.75) is 19.3 Å². The Bertz CT molecular complexity index is 126. The predicted molar refractivity (Wildman–Crippen MR) is 33.4 cm³/mol. The van der Waals surface area contributed by atoms with Gasteiger partial charge in [0, 0.05) is 18.2 Å². The molecule has 1 heterocycles. The Morgan fingerprint density at radius 2 is 2.50 bits per heavy atom. The highest BCUT2D eigenvalue weighted by molar-refractivity contribution is 5.14. The fourth-order valence-corrected chi connectivity index (χ4v) is 1.67. The van der Waals surface area contributed by atoms with E-state index in [1.54, 1.807) is 0 Å². The number of hydrogen-bond donors (Lipinski definition) is 1. The first-order valence-corrected chi connectivity index (χ1v) is 3.41. The first kappa shape index (κ1) is 4.42. The summed E-state index contributed by atoms with van der Waals surface area (Å²) in [6.07, 6.45) is 6.44. The van der Waals surface area contributed by atoms with E-state index in [2.05, 4.69) is 11.4 Å². The van der Waals surface area contributed by atoms with Gasteiger partial charge in [0.25, 0.3) is 0 Å². The topological polar surface area (TPSA) is 12.0 Å². The summed E-state index contributed by atoms with van der Waals surface area (Å²) in [5.74, 6) is 0.926. The maximum Gasteiger partial charge on any atom is 0.0150 e. The lowest BCUT2D eigenvalue weighted by Crippen LogP contribution is -2.03. The molecule has 0 aromatic heterocycles. The largest absolute Gasteiger partial charge is 0.388 e. The lowest BCUT2D eigenvalue weighted by Gasteiger charge is -1.98. The molecule has 0 amide bonds. The highest BCUT2D eigenvalue weighted by Crippen LogP contribution is 2.29. The second-order valence-electron chi connectivity index (χ2n) is 2.65. The molecule has 1 heteroatoms. The molecule has 0 spiro atoms. The molecule has 0 aromatic carbocycles. The smallest absolute Gasteiger partial charge is 0.0150 e. The van der Waals surface area contributed by atoms with Gasteiger partial charge in [0.1, 0.15) is 0 Å². The molecule has 0 radical (unpaired) electrons. The molecular weight excluding hydrogens is 98.1 g/mol. The Morgan fingerprint density at radius 3 is 3.38 bits per heavy atom. The van der Waals surface area contributed by atoms with Crippen LogP contribution in [-0.4, -0.2) is 6.54 Å². The van der Waals surface area contributed by atoms with Crippen LogP contribution in [0.15, 0.2) is 11.8 Å². The number of nitrogens with one attached hydrogen (secondary N) is 1. The van der Waals surface area contributed by atoms with Crippen molar-refractivity contribution in [3.8, 4) is 0 Å². The molecule has 1 unspecified atom stereocenters. The zero-order chi connectivity index (χ0) is 5.40. The third kappa shape index (κ3) is 0.473. The maximum atomic E-state index is 3.38. The minimum absolute atomic E-state index is 0.926. The summed E-state index contributed by atoms with van der Waals surface area (Å²) in [4.78, 5) is 0. The van der Waals surface area contributed by atoms with Crippen LogP contribution in [0, 0.1) is 5.92 Å². The summed E-state index contributed by atoms with van der Waals surface area (Å²) in [5, 5.41) is 3.38. The van der Waals surface area contributed by atoms with Crippen LogP contribution in [0.5, 0.6) is 0 Å². The second kappa shape index (κ2) is 1.51. The number of fused-ring (bicyclic) bond motifs is 1. The average molecular weight is 109 g/mol. The maximum absolute atomic E-state index is 3.38. The third-order valence-corrected chi connectivity index (χ3v) is 2.14. The molecule has 1 saturated heterocycles.